The van der Waals surface area contributed by atoms with E-state index < -0.39 is 0 Å². The van der Waals surface area contributed by atoms with Gasteiger partial charge in [-0.3, -0.25) is 10.1 Å². The summed E-state index contributed by atoms with van der Waals surface area (Å²) in [4.78, 5) is 13.9. The maximum Gasteiger partial charge on any atom is 0.240 e. The molecule has 0 aromatic carbocycles. The molecule has 3 heteroatoms. The van der Waals surface area contributed by atoms with Crippen LogP contribution in [0.1, 0.15) is 40.0 Å². The van der Waals surface area contributed by atoms with Crippen molar-refractivity contribution in [1.29, 1.82) is 0 Å². The Morgan fingerprint density at radius 2 is 1.73 bits per heavy atom. The molecule has 0 bridgehead atoms. The number of carbonyl (C=O) groups is 1. The highest BCUT2D eigenvalue weighted by molar-refractivity contribution is 5.83. The van der Waals surface area contributed by atoms with Gasteiger partial charge in [0, 0.05) is 6.04 Å². The van der Waals surface area contributed by atoms with Crippen LogP contribution in [0.15, 0.2) is 0 Å². The van der Waals surface area contributed by atoms with Crippen LogP contribution in [0.4, 0.5) is 0 Å². The highest BCUT2D eigenvalue weighted by Gasteiger charge is 2.36. The molecule has 1 saturated heterocycles. The number of amides is 1. The first-order valence-corrected chi connectivity index (χ1v) is 6.11. The molecule has 1 heterocycles. The van der Waals surface area contributed by atoms with Crippen molar-refractivity contribution < 1.29 is 4.79 Å². The number of carbonyl (C=O) groups excluding carboxylic acids is 1. The van der Waals surface area contributed by atoms with Crippen molar-refractivity contribution in [2.75, 3.05) is 6.67 Å². The molecule has 2 aliphatic rings. The molecule has 0 radical (unpaired) electrons. The Balaban J connectivity index is 2.01. The van der Waals surface area contributed by atoms with Gasteiger partial charge in [0.1, 0.15) is 0 Å². The van der Waals surface area contributed by atoms with E-state index in [0.29, 0.717) is 11.9 Å². The summed E-state index contributed by atoms with van der Waals surface area (Å²) in [5, 5.41) is 3.22. The van der Waals surface area contributed by atoms with Crippen molar-refractivity contribution in [3.05, 3.63) is 0 Å². The molecule has 3 atom stereocenters. The van der Waals surface area contributed by atoms with Crippen LogP contribution in [0.25, 0.3) is 0 Å². The van der Waals surface area contributed by atoms with Gasteiger partial charge in [-0.1, -0.05) is 13.8 Å². The van der Waals surface area contributed by atoms with Crippen molar-refractivity contribution in [3.63, 3.8) is 0 Å². The summed E-state index contributed by atoms with van der Waals surface area (Å²) in [7, 11) is 0. The van der Waals surface area contributed by atoms with E-state index >= 15 is 0 Å². The first-order valence-electron chi connectivity index (χ1n) is 6.11. The molecule has 0 aromatic rings. The Kier molecular flexibility index (Phi) is 3.01. The summed E-state index contributed by atoms with van der Waals surface area (Å²) in [5.74, 6) is 1.83. The third kappa shape index (κ3) is 2.17. The molecule has 2 fully saturated rings. The third-order valence-electron chi connectivity index (χ3n) is 3.82. The van der Waals surface area contributed by atoms with E-state index in [-0.39, 0.29) is 6.04 Å². The molecule has 1 amide bonds. The summed E-state index contributed by atoms with van der Waals surface area (Å²) in [6.07, 6.45) is 3.69. The monoisotopic (exact) mass is 210 g/mol. The highest BCUT2D eigenvalue weighted by atomic mass is 16.2. The van der Waals surface area contributed by atoms with Gasteiger partial charge in [0.15, 0.2) is 0 Å². The van der Waals surface area contributed by atoms with Gasteiger partial charge in [0.2, 0.25) is 5.91 Å². The number of nitrogens with one attached hydrogen (secondary N) is 1. The minimum Gasteiger partial charge on any atom is -0.326 e. The SMILES string of the molecule is CC1CC(C)CC(N2CNC(C)C2=O)C1. The second-order valence-corrected chi connectivity index (χ2v) is 5.46. The number of nitrogens with zero attached hydrogens (tertiary/aromatic N) is 1. The normalized spacial score (nSPS) is 42.3. The zero-order valence-corrected chi connectivity index (χ0v) is 9.99. The topological polar surface area (TPSA) is 32.3 Å². The maximum atomic E-state index is 11.9. The van der Waals surface area contributed by atoms with Crippen LogP contribution >= 0.6 is 0 Å². The van der Waals surface area contributed by atoms with Gasteiger partial charge in [0.25, 0.3) is 0 Å². The lowest BCUT2D eigenvalue weighted by atomic mass is 9.80. The van der Waals surface area contributed by atoms with Crippen LogP contribution in [0.5, 0.6) is 0 Å². The average molecular weight is 210 g/mol. The fraction of sp³-hybridized carbons (Fsp3) is 0.917. The highest BCUT2D eigenvalue weighted by Crippen LogP contribution is 2.32. The van der Waals surface area contributed by atoms with E-state index in [2.05, 4.69) is 24.1 Å². The average Bonchev–Trinajstić information content (AvgIpc) is 2.46. The van der Waals surface area contributed by atoms with Crippen LogP contribution in [-0.2, 0) is 4.79 Å². The quantitative estimate of drug-likeness (QED) is 0.713. The first kappa shape index (κ1) is 10.9. The van der Waals surface area contributed by atoms with Gasteiger partial charge in [0.05, 0.1) is 12.7 Å². The molecular formula is C12H22N2O. The lowest BCUT2D eigenvalue weighted by Crippen LogP contribution is -2.42. The van der Waals surface area contributed by atoms with Crippen LogP contribution < -0.4 is 5.32 Å². The Morgan fingerprint density at radius 3 is 2.20 bits per heavy atom. The molecule has 1 saturated carbocycles. The molecule has 3 nitrogen and oxygen atoms in total. The molecule has 0 spiro atoms. The Morgan fingerprint density at radius 1 is 1.13 bits per heavy atom. The van der Waals surface area contributed by atoms with Gasteiger partial charge < -0.3 is 4.90 Å². The second-order valence-electron chi connectivity index (χ2n) is 5.46. The van der Waals surface area contributed by atoms with Crippen molar-refractivity contribution in [1.82, 2.24) is 10.2 Å². The van der Waals surface area contributed by atoms with Crippen molar-refractivity contribution in [2.24, 2.45) is 11.8 Å². The summed E-state index contributed by atoms with van der Waals surface area (Å²) in [6, 6.07) is 0.506. The van der Waals surface area contributed by atoms with Crippen LogP contribution in [0.2, 0.25) is 0 Å². The second kappa shape index (κ2) is 4.12. The number of rotatable bonds is 1. The molecule has 15 heavy (non-hydrogen) atoms. The molecule has 1 N–H and O–H groups in total. The summed E-state index contributed by atoms with van der Waals surface area (Å²) in [6.45, 7) is 7.32. The van der Waals surface area contributed by atoms with Gasteiger partial charge in [-0.05, 0) is 38.0 Å². The molecule has 3 unspecified atom stereocenters. The van der Waals surface area contributed by atoms with E-state index in [9.17, 15) is 4.79 Å². The number of hydrogen-bond donors (Lipinski definition) is 1. The van der Waals surface area contributed by atoms with E-state index in [0.717, 1.165) is 18.5 Å². The summed E-state index contributed by atoms with van der Waals surface area (Å²) >= 11 is 0. The summed E-state index contributed by atoms with van der Waals surface area (Å²) in [5.41, 5.74) is 0. The fourth-order valence-corrected chi connectivity index (χ4v) is 3.12. The smallest absolute Gasteiger partial charge is 0.240 e. The minimum absolute atomic E-state index is 0.0255. The van der Waals surface area contributed by atoms with Crippen LogP contribution in [-0.4, -0.2) is 29.6 Å². The zero-order chi connectivity index (χ0) is 11.0. The van der Waals surface area contributed by atoms with E-state index in [1.165, 1.54) is 19.3 Å². The van der Waals surface area contributed by atoms with E-state index in [1.54, 1.807) is 0 Å². The van der Waals surface area contributed by atoms with E-state index in [4.69, 9.17) is 0 Å². The van der Waals surface area contributed by atoms with Crippen molar-refractivity contribution >= 4 is 5.91 Å². The standard InChI is InChI=1S/C12H22N2O/c1-8-4-9(2)6-11(5-8)14-7-13-10(3)12(14)15/h8-11,13H,4-7H2,1-3H3. The minimum atomic E-state index is 0.0255. The number of hydrogen-bond acceptors (Lipinski definition) is 2. The molecular weight excluding hydrogens is 188 g/mol. The fourth-order valence-electron chi connectivity index (χ4n) is 3.12. The Labute approximate surface area is 92.2 Å². The Hall–Kier alpha value is -0.570. The molecule has 1 aliphatic heterocycles. The van der Waals surface area contributed by atoms with E-state index in [1.807, 2.05) is 6.92 Å². The molecule has 0 aromatic heterocycles. The summed E-state index contributed by atoms with van der Waals surface area (Å²) < 4.78 is 0. The van der Waals surface area contributed by atoms with Gasteiger partial charge in [-0.15, -0.1) is 0 Å². The largest absolute Gasteiger partial charge is 0.326 e. The predicted molar refractivity (Wildman–Crippen MR) is 60.3 cm³/mol. The maximum absolute atomic E-state index is 11.9. The molecule has 1 aliphatic carbocycles. The van der Waals surface area contributed by atoms with Gasteiger partial charge >= 0.3 is 0 Å². The molecule has 2 rings (SSSR count). The van der Waals surface area contributed by atoms with Crippen LogP contribution in [0.3, 0.4) is 0 Å². The molecule has 86 valence electrons. The van der Waals surface area contributed by atoms with Crippen molar-refractivity contribution in [2.45, 2.75) is 52.1 Å². The predicted octanol–water partition coefficient (Wildman–Crippen LogP) is 1.59. The Bertz CT molecular complexity index is 244. The van der Waals surface area contributed by atoms with Crippen LogP contribution in [0, 0.1) is 11.8 Å². The first-order chi connectivity index (χ1) is 7.08. The lowest BCUT2D eigenvalue weighted by Gasteiger charge is -2.36. The van der Waals surface area contributed by atoms with Gasteiger partial charge in [-0.25, -0.2) is 0 Å². The zero-order valence-electron chi connectivity index (χ0n) is 9.99. The van der Waals surface area contributed by atoms with Gasteiger partial charge in [-0.2, -0.15) is 0 Å². The lowest BCUT2D eigenvalue weighted by molar-refractivity contribution is -0.131. The third-order valence-corrected chi connectivity index (χ3v) is 3.82. The van der Waals surface area contributed by atoms with Crippen molar-refractivity contribution in [3.8, 4) is 0 Å².